The smallest absolute Gasteiger partial charge is 0.128 e. The molecule has 2 aliphatic rings. The van der Waals surface area contributed by atoms with E-state index in [-0.39, 0.29) is 14.9 Å². The van der Waals surface area contributed by atoms with Crippen molar-refractivity contribution in [3.05, 3.63) is 100 Å². The fourth-order valence-electron chi connectivity index (χ4n) is 8.13. The SMILES string of the molecule is C.C.CN1CCC(C(C)(C)C)CC1.Cc1ccc(NCCC(C)(C)C)nc1.Cc1ccc2c(c1)C(C(C)(C)C)CC2.Cc1cnc(NCCC(C)(C)C)c(C)c1.Cc1cnn(CCC(C)(C)C)c1. The summed E-state index contributed by atoms with van der Waals surface area (Å²) in [5, 5.41) is 10.9. The Kier molecular flexibility index (Phi) is 27.3. The first kappa shape index (κ1) is 64.3. The molecule has 1 fully saturated rings. The van der Waals surface area contributed by atoms with E-state index in [0.29, 0.717) is 27.1 Å². The molecule has 7 nitrogen and oxygen atoms in total. The number of likely N-dealkylation sites (tertiary alicyclic amines) is 1. The van der Waals surface area contributed by atoms with E-state index >= 15 is 0 Å². The van der Waals surface area contributed by atoms with Gasteiger partial charge in [0.15, 0.2) is 0 Å². The van der Waals surface area contributed by atoms with Gasteiger partial charge in [-0.05, 0) is 178 Å². The summed E-state index contributed by atoms with van der Waals surface area (Å²) in [6.07, 6.45) is 16.7. The Hall–Kier alpha value is -3.71. The molecule has 2 N–H and O–H groups in total. The lowest BCUT2D eigenvalue weighted by atomic mass is 9.75. The molecule has 7 heteroatoms. The van der Waals surface area contributed by atoms with Crippen LogP contribution in [0.5, 0.6) is 0 Å². The van der Waals surface area contributed by atoms with Crippen LogP contribution in [0.25, 0.3) is 0 Å². The third-order valence-electron chi connectivity index (χ3n) is 12.7. The summed E-state index contributed by atoms with van der Waals surface area (Å²) < 4.78 is 2.01. The number of pyridine rings is 2. The van der Waals surface area contributed by atoms with Gasteiger partial charge in [-0.15, -0.1) is 0 Å². The Morgan fingerprint density at radius 3 is 1.59 bits per heavy atom. The van der Waals surface area contributed by atoms with Gasteiger partial charge in [0.1, 0.15) is 11.6 Å². The lowest BCUT2D eigenvalue weighted by Gasteiger charge is -2.37. The molecule has 6 rings (SSSR count). The highest BCUT2D eigenvalue weighted by atomic mass is 15.3. The number of nitrogens with zero attached hydrogens (tertiary/aromatic N) is 5. The maximum Gasteiger partial charge on any atom is 0.128 e. The van der Waals surface area contributed by atoms with E-state index in [1.165, 1.54) is 73.0 Å². The summed E-state index contributed by atoms with van der Waals surface area (Å²) in [5.41, 5.74) is 11.6. The van der Waals surface area contributed by atoms with Crippen LogP contribution >= 0.6 is 0 Å². The van der Waals surface area contributed by atoms with Crippen LogP contribution in [0, 0.1) is 67.6 Å². The Morgan fingerprint density at radius 2 is 1.12 bits per heavy atom. The lowest BCUT2D eigenvalue weighted by molar-refractivity contribution is 0.129. The van der Waals surface area contributed by atoms with Crippen LogP contribution < -0.4 is 10.6 Å². The molecule has 0 amide bonds. The van der Waals surface area contributed by atoms with Crippen LogP contribution in [-0.4, -0.2) is 57.9 Å². The normalized spacial score (nSPS) is 15.2. The number of hydrogen-bond donors (Lipinski definition) is 2. The molecule has 68 heavy (non-hydrogen) atoms. The predicted molar refractivity (Wildman–Crippen MR) is 304 cm³/mol. The summed E-state index contributed by atoms with van der Waals surface area (Å²) in [5.74, 6) is 3.70. The van der Waals surface area contributed by atoms with Gasteiger partial charge in [-0.1, -0.05) is 155 Å². The molecule has 1 atom stereocenters. The quantitative estimate of drug-likeness (QED) is 0.183. The molecule has 0 spiro atoms. The second-order valence-electron chi connectivity index (χ2n) is 25.6. The molecule has 4 aromatic rings. The summed E-state index contributed by atoms with van der Waals surface area (Å²) >= 11 is 0. The van der Waals surface area contributed by atoms with Crippen LogP contribution in [0.3, 0.4) is 0 Å². The van der Waals surface area contributed by atoms with E-state index < -0.39 is 0 Å². The minimum atomic E-state index is 0. The van der Waals surface area contributed by atoms with E-state index in [0.717, 1.165) is 55.9 Å². The summed E-state index contributed by atoms with van der Waals surface area (Å²) in [6.45, 7) is 50.5. The highest BCUT2D eigenvalue weighted by molar-refractivity contribution is 5.44. The molecule has 4 heterocycles. The molecule has 0 saturated carbocycles. The number of rotatable bonds is 8. The second kappa shape index (κ2) is 28.8. The van der Waals surface area contributed by atoms with Crippen LogP contribution in [0.4, 0.5) is 11.6 Å². The molecule has 1 aliphatic heterocycles. The van der Waals surface area contributed by atoms with Crippen molar-refractivity contribution in [3.8, 4) is 0 Å². The maximum absolute atomic E-state index is 4.39. The largest absolute Gasteiger partial charge is 0.370 e. The van der Waals surface area contributed by atoms with Crippen molar-refractivity contribution in [3.63, 3.8) is 0 Å². The van der Waals surface area contributed by atoms with Gasteiger partial charge < -0.3 is 15.5 Å². The van der Waals surface area contributed by atoms with E-state index in [9.17, 15) is 0 Å². The fraction of sp³-hybridized carbons (Fsp3) is 0.689. The van der Waals surface area contributed by atoms with Crippen molar-refractivity contribution in [1.29, 1.82) is 0 Å². The number of aromatic nitrogens is 4. The van der Waals surface area contributed by atoms with Crippen molar-refractivity contribution < 1.29 is 0 Å². The molecule has 3 aromatic heterocycles. The number of hydrogen-bond acceptors (Lipinski definition) is 6. The minimum absolute atomic E-state index is 0. The number of nitrogens with one attached hydrogen (secondary N) is 2. The van der Waals surface area contributed by atoms with Gasteiger partial charge in [0, 0.05) is 38.2 Å². The molecular weight excluding hydrogens is 831 g/mol. The molecular formula is C61H109N7. The van der Waals surface area contributed by atoms with Crippen LogP contribution in [0.2, 0.25) is 0 Å². The number of piperidine rings is 1. The van der Waals surface area contributed by atoms with Crippen molar-refractivity contribution in [2.75, 3.05) is 43.9 Å². The molecule has 1 aromatic carbocycles. The van der Waals surface area contributed by atoms with Crippen LogP contribution in [0.15, 0.2) is 61.2 Å². The average Bonchev–Trinajstić information content (AvgIpc) is 3.81. The third-order valence-corrected chi connectivity index (χ3v) is 12.7. The molecule has 1 aliphatic carbocycles. The standard InChI is InChI=1S/C14H20.C13H22N2.C12H20N2.C10H18N2.C10H21N.2CH4/c1-10-5-6-11-7-8-13(12(11)9-10)14(2,3)4;1-10-8-11(2)12(15-9-10)14-7-6-13(3,4)5;1-10-5-6-11(14-9-10)13-8-7-12(2,3)4;1-9-7-11-12(8-9)6-5-10(2,3)4;1-10(2,3)9-5-7-11(4)8-6-9;;/h5-6,9,13H,7-8H2,1-4H3;8-9H,6-7H2,1-5H3,(H,14,15);5-6,9H,7-8H2,1-4H3,(H,13,14);7-8H,5-6H2,1-4H3;9H,5-8H2,1-4H3;2*1H4. The maximum atomic E-state index is 4.39. The van der Waals surface area contributed by atoms with Crippen LogP contribution in [0.1, 0.15) is 202 Å². The van der Waals surface area contributed by atoms with Gasteiger partial charge in [-0.25, -0.2) is 9.97 Å². The second-order valence-corrected chi connectivity index (χ2v) is 25.6. The van der Waals surface area contributed by atoms with Gasteiger partial charge >= 0.3 is 0 Å². The van der Waals surface area contributed by atoms with E-state index in [4.69, 9.17) is 0 Å². The van der Waals surface area contributed by atoms with Crippen molar-refractivity contribution >= 4 is 11.6 Å². The third kappa shape index (κ3) is 27.5. The van der Waals surface area contributed by atoms with Crippen molar-refractivity contribution in [2.45, 2.75) is 211 Å². The molecule has 1 unspecified atom stereocenters. The zero-order valence-electron chi connectivity index (χ0n) is 46.6. The summed E-state index contributed by atoms with van der Waals surface area (Å²) in [4.78, 5) is 11.1. The van der Waals surface area contributed by atoms with Gasteiger partial charge in [-0.2, -0.15) is 5.10 Å². The minimum Gasteiger partial charge on any atom is -0.370 e. The van der Waals surface area contributed by atoms with Gasteiger partial charge in [-0.3, -0.25) is 4.68 Å². The molecule has 0 bridgehead atoms. The van der Waals surface area contributed by atoms with Crippen molar-refractivity contribution in [2.24, 2.45) is 33.0 Å². The van der Waals surface area contributed by atoms with Gasteiger partial charge in [0.05, 0.1) is 6.20 Å². The van der Waals surface area contributed by atoms with Gasteiger partial charge in [0.25, 0.3) is 0 Å². The Labute approximate surface area is 422 Å². The Balaban J connectivity index is 0.000000822. The highest BCUT2D eigenvalue weighted by Gasteiger charge is 2.32. The summed E-state index contributed by atoms with van der Waals surface area (Å²) in [7, 11) is 2.22. The highest BCUT2D eigenvalue weighted by Crippen LogP contribution is 2.45. The average molecular weight is 941 g/mol. The van der Waals surface area contributed by atoms with Crippen LogP contribution in [-0.2, 0) is 13.0 Å². The zero-order chi connectivity index (χ0) is 50.1. The van der Waals surface area contributed by atoms with E-state index in [1.807, 2.05) is 36.3 Å². The molecule has 388 valence electrons. The topological polar surface area (TPSA) is 70.9 Å². The molecule has 1 saturated heterocycles. The predicted octanol–water partition coefficient (Wildman–Crippen LogP) is 17.1. The van der Waals surface area contributed by atoms with Gasteiger partial charge in [0.2, 0.25) is 0 Å². The number of anilines is 2. The number of aryl methyl sites for hydroxylation is 7. The summed E-state index contributed by atoms with van der Waals surface area (Å²) in [6, 6.07) is 13.2. The Bertz CT molecular complexity index is 1950. The zero-order valence-corrected chi connectivity index (χ0v) is 46.6. The number of benzene rings is 1. The van der Waals surface area contributed by atoms with Crippen molar-refractivity contribution in [1.82, 2.24) is 24.6 Å². The Morgan fingerprint density at radius 1 is 0.574 bits per heavy atom. The monoisotopic (exact) mass is 940 g/mol. The fourth-order valence-corrected chi connectivity index (χ4v) is 8.13. The first-order valence-electron chi connectivity index (χ1n) is 25.4. The van der Waals surface area contributed by atoms with E-state index in [1.54, 1.807) is 11.1 Å². The first-order valence-corrected chi connectivity index (χ1v) is 25.4. The molecule has 0 radical (unpaired) electrons. The number of fused-ring (bicyclic) bond motifs is 1. The first-order chi connectivity index (χ1) is 30.3. The lowest BCUT2D eigenvalue weighted by Crippen LogP contribution is -2.35. The van der Waals surface area contributed by atoms with E-state index in [2.05, 4.69) is 206 Å².